The first-order chi connectivity index (χ1) is 6.22. The molecule has 0 saturated heterocycles. The highest BCUT2D eigenvalue weighted by Gasteiger charge is 2.05. The lowest BCUT2D eigenvalue weighted by Crippen LogP contribution is -2.18. The highest BCUT2D eigenvalue weighted by atomic mass is 16.2. The number of aryl methyl sites for hydroxylation is 2. The molecule has 66 valence electrons. The Balaban J connectivity index is 2.77. The van der Waals surface area contributed by atoms with E-state index in [0.29, 0.717) is 0 Å². The van der Waals surface area contributed by atoms with Gasteiger partial charge in [0.2, 0.25) is 0 Å². The van der Waals surface area contributed by atoms with Gasteiger partial charge in [0.1, 0.15) is 0 Å². The summed E-state index contributed by atoms with van der Waals surface area (Å²) in [4.78, 5) is 4.39. The summed E-state index contributed by atoms with van der Waals surface area (Å²) in [6, 6.07) is 3.96. The van der Waals surface area contributed by atoms with E-state index in [-0.39, 0.29) is 7.48 Å². The Morgan fingerprint density at radius 1 is 1.54 bits per heavy atom. The van der Waals surface area contributed by atoms with Gasteiger partial charge in [0.25, 0.3) is 0 Å². The molecule has 2 heterocycles. The minimum atomic E-state index is 0.0555. The summed E-state index contributed by atoms with van der Waals surface area (Å²) in [5.74, 6) is 0. The molecule has 4 heteroatoms. The molecule has 2 rings (SSSR count). The van der Waals surface area contributed by atoms with Crippen LogP contribution in [0.4, 0.5) is 0 Å². The highest BCUT2D eigenvalue weighted by Crippen LogP contribution is 2.10. The molecular weight excluding hydrogens is 163 g/mol. The summed E-state index contributed by atoms with van der Waals surface area (Å²) in [5, 5.41) is 9.06. The number of nitrogens with zero attached hydrogens (tertiary/aromatic N) is 2. The standard InChI is InChI=1S/C9H11BN2O/c1-6-7(10-13)5-9-8(11-6)3-4-12(9)2/h3-5,10,13H,1-2H3. The van der Waals surface area contributed by atoms with Crippen molar-refractivity contribution in [1.82, 2.24) is 9.55 Å². The van der Waals surface area contributed by atoms with Gasteiger partial charge in [-0.3, -0.25) is 4.98 Å². The van der Waals surface area contributed by atoms with Gasteiger partial charge in [-0.15, -0.1) is 0 Å². The number of hydrogen-bond donors (Lipinski definition) is 1. The Bertz CT molecular complexity index is 450. The van der Waals surface area contributed by atoms with Gasteiger partial charge in [-0.1, -0.05) is 0 Å². The normalized spacial score (nSPS) is 10.7. The minimum absolute atomic E-state index is 0.0555. The molecule has 0 amide bonds. The number of hydrogen-bond acceptors (Lipinski definition) is 2. The Hall–Kier alpha value is -1.29. The van der Waals surface area contributed by atoms with Crippen LogP contribution >= 0.6 is 0 Å². The molecule has 3 nitrogen and oxygen atoms in total. The quantitative estimate of drug-likeness (QED) is 0.610. The van der Waals surface area contributed by atoms with Crippen LogP contribution in [0.2, 0.25) is 0 Å². The van der Waals surface area contributed by atoms with E-state index in [2.05, 4.69) is 4.98 Å². The van der Waals surface area contributed by atoms with E-state index in [0.717, 1.165) is 22.2 Å². The van der Waals surface area contributed by atoms with E-state index in [1.807, 2.05) is 36.9 Å². The van der Waals surface area contributed by atoms with Crippen molar-refractivity contribution in [2.75, 3.05) is 0 Å². The summed E-state index contributed by atoms with van der Waals surface area (Å²) < 4.78 is 2.00. The molecule has 2 aromatic heterocycles. The predicted molar refractivity (Wildman–Crippen MR) is 54.5 cm³/mol. The molecule has 0 aromatic carbocycles. The maximum absolute atomic E-state index is 9.06. The number of rotatable bonds is 1. The zero-order valence-electron chi connectivity index (χ0n) is 7.78. The molecule has 0 saturated carbocycles. The van der Waals surface area contributed by atoms with E-state index < -0.39 is 0 Å². The predicted octanol–water partition coefficient (Wildman–Crippen LogP) is -0.149. The minimum Gasteiger partial charge on any atom is -0.449 e. The number of aromatic nitrogens is 2. The molecule has 0 atom stereocenters. The van der Waals surface area contributed by atoms with Gasteiger partial charge in [0, 0.05) is 18.9 Å². The second-order valence-electron chi connectivity index (χ2n) is 3.22. The molecule has 0 aliphatic heterocycles. The molecule has 0 spiro atoms. The van der Waals surface area contributed by atoms with Crippen molar-refractivity contribution < 1.29 is 5.02 Å². The third kappa shape index (κ3) is 1.23. The van der Waals surface area contributed by atoms with Crippen molar-refractivity contribution in [2.45, 2.75) is 6.92 Å². The number of pyridine rings is 1. The van der Waals surface area contributed by atoms with E-state index in [9.17, 15) is 0 Å². The van der Waals surface area contributed by atoms with Crippen LogP contribution in [0.1, 0.15) is 5.69 Å². The van der Waals surface area contributed by atoms with E-state index in [4.69, 9.17) is 5.02 Å². The van der Waals surface area contributed by atoms with Gasteiger partial charge >= 0.3 is 7.48 Å². The van der Waals surface area contributed by atoms with Crippen molar-refractivity contribution in [3.8, 4) is 0 Å². The Morgan fingerprint density at radius 2 is 2.31 bits per heavy atom. The van der Waals surface area contributed by atoms with Crippen LogP contribution in [0.3, 0.4) is 0 Å². The monoisotopic (exact) mass is 174 g/mol. The average Bonchev–Trinajstić information content (AvgIpc) is 2.46. The zero-order chi connectivity index (χ0) is 9.42. The maximum Gasteiger partial charge on any atom is 0.306 e. The molecule has 0 bridgehead atoms. The summed E-state index contributed by atoms with van der Waals surface area (Å²) in [7, 11) is 2.03. The van der Waals surface area contributed by atoms with Crippen LogP contribution < -0.4 is 5.46 Å². The topological polar surface area (TPSA) is 38.0 Å². The second-order valence-corrected chi connectivity index (χ2v) is 3.22. The van der Waals surface area contributed by atoms with E-state index in [1.54, 1.807) is 0 Å². The SMILES string of the molecule is Cc1nc2ccn(C)c2cc1BO. The summed E-state index contributed by atoms with van der Waals surface area (Å²) in [6.07, 6.45) is 1.97. The van der Waals surface area contributed by atoms with E-state index in [1.165, 1.54) is 0 Å². The van der Waals surface area contributed by atoms with Gasteiger partial charge < -0.3 is 9.59 Å². The molecule has 0 radical (unpaired) electrons. The Morgan fingerprint density at radius 3 is 3.00 bits per heavy atom. The molecule has 0 aliphatic rings. The molecule has 13 heavy (non-hydrogen) atoms. The molecular formula is C9H11BN2O. The third-order valence-corrected chi connectivity index (χ3v) is 2.33. The van der Waals surface area contributed by atoms with Gasteiger partial charge in [-0.25, -0.2) is 0 Å². The first-order valence-electron chi connectivity index (χ1n) is 4.25. The van der Waals surface area contributed by atoms with Crippen molar-refractivity contribution in [1.29, 1.82) is 0 Å². The van der Waals surface area contributed by atoms with E-state index >= 15 is 0 Å². The molecule has 2 aromatic rings. The molecule has 0 fully saturated rings. The lowest BCUT2D eigenvalue weighted by atomic mass is 9.87. The third-order valence-electron chi connectivity index (χ3n) is 2.33. The Labute approximate surface area is 77.3 Å². The van der Waals surface area contributed by atoms with Gasteiger partial charge in [0.05, 0.1) is 11.0 Å². The van der Waals surface area contributed by atoms with Gasteiger partial charge in [0.15, 0.2) is 0 Å². The van der Waals surface area contributed by atoms with Crippen molar-refractivity contribution >= 4 is 24.0 Å². The van der Waals surface area contributed by atoms with Crippen LogP contribution in [-0.4, -0.2) is 22.1 Å². The van der Waals surface area contributed by atoms with Crippen LogP contribution in [0, 0.1) is 6.92 Å². The first kappa shape index (κ1) is 8.32. The van der Waals surface area contributed by atoms with Crippen LogP contribution in [0.5, 0.6) is 0 Å². The fourth-order valence-electron chi connectivity index (χ4n) is 1.48. The number of fused-ring (bicyclic) bond motifs is 1. The maximum atomic E-state index is 9.06. The van der Waals surface area contributed by atoms with Crippen LogP contribution in [-0.2, 0) is 7.05 Å². The molecule has 0 unspecified atom stereocenters. The van der Waals surface area contributed by atoms with Gasteiger partial charge in [-0.05, 0) is 24.5 Å². The van der Waals surface area contributed by atoms with Crippen molar-refractivity contribution in [2.24, 2.45) is 7.05 Å². The Kier molecular flexibility index (Phi) is 1.85. The van der Waals surface area contributed by atoms with Crippen LogP contribution in [0.25, 0.3) is 11.0 Å². The van der Waals surface area contributed by atoms with Crippen LogP contribution in [0.15, 0.2) is 18.3 Å². The van der Waals surface area contributed by atoms with Crippen molar-refractivity contribution in [3.63, 3.8) is 0 Å². The second kappa shape index (κ2) is 2.89. The summed E-state index contributed by atoms with van der Waals surface area (Å²) >= 11 is 0. The lowest BCUT2D eigenvalue weighted by molar-refractivity contribution is 0.615. The molecule has 1 N–H and O–H groups in total. The van der Waals surface area contributed by atoms with Crippen molar-refractivity contribution in [3.05, 3.63) is 24.0 Å². The zero-order valence-corrected chi connectivity index (χ0v) is 7.78. The fraction of sp³-hybridized carbons (Fsp3) is 0.222. The lowest BCUT2D eigenvalue weighted by Gasteiger charge is -2.02. The highest BCUT2D eigenvalue weighted by molar-refractivity contribution is 6.46. The average molecular weight is 174 g/mol. The van der Waals surface area contributed by atoms with Gasteiger partial charge in [-0.2, -0.15) is 0 Å². The summed E-state index contributed by atoms with van der Waals surface area (Å²) in [6.45, 7) is 1.91. The smallest absolute Gasteiger partial charge is 0.306 e. The largest absolute Gasteiger partial charge is 0.449 e. The first-order valence-corrected chi connectivity index (χ1v) is 4.25. The fourth-order valence-corrected chi connectivity index (χ4v) is 1.48. The molecule has 0 aliphatic carbocycles. The summed E-state index contributed by atoms with van der Waals surface area (Å²) in [5.41, 5.74) is 3.85.